The lowest BCUT2D eigenvalue weighted by Crippen LogP contribution is -2.30. The maximum Gasteiger partial charge on any atom is 0.573 e. The Hall–Kier alpha value is -3.59. The van der Waals surface area contributed by atoms with Crippen molar-refractivity contribution >= 4 is 28.7 Å². The van der Waals surface area contributed by atoms with Gasteiger partial charge in [0.05, 0.1) is 12.5 Å². The zero-order valence-electron chi connectivity index (χ0n) is 18.7. The molecule has 0 saturated carbocycles. The Kier molecular flexibility index (Phi) is 6.98. The van der Waals surface area contributed by atoms with Crippen molar-refractivity contribution in [2.75, 3.05) is 0 Å². The van der Waals surface area contributed by atoms with Gasteiger partial charge in [0.2, 0.25) is 5.91 Å². The fourth-order valence-electron chi connectivity index (χ4n) is 4.03. The number of halogens is 4. The number of primary amides is 1. The first kappa shape index (κ1) is 24.5. The van der Waals surface area contributed by atoms with Crippen LogP contribution < -0.4 is 10.5 Å². The molecule has 2 aromatic carbocycles. The van der Waals surface area contributed by atoms with Crippen LogP contribution in [0.5, 0.6) is 5.75 Å². The van der Waals surface area contributed by atoms with E-state index in [1.165, 1.54) is 12.1 Å². The highest BCUT2D eigenvalue weighted by Crippen LogP contribution is 2.30. The average molecular weight is 503 g/mol. The number of imidazole rings is 1. The number of carbonyl (C=O) groups excluding carboxylic acids is 1. The molecule has 0 aliphatic carbocycles. The molecule has 0 aliphatic heterocycles. The van der Waals surface area contributed by atoms with Gasteiger partial charge >= 0.3 is 6.36 Å². The molecule has 10 heteroatoms. The molecule has 2 heterocycles. The predicted molar refractivity (Wildman–Crippen MR) is 126 cm³/mol. The maximum atomic E-state index is 12.5. The van der Waals surface area contributed by atoms with Gasteiger partial charge in [-0.05, 0) is 53.4 Å². The first-order valence-corrected chi connectivity index (χ1v) is 11.2. The van der Waals surface area contributed by atoms with E-state index in [1.807, 2.05) is 29.7 Å². The van der Waals surface area contributed by atoms with Crippen LogP contribution in [0.3, 0.4) is 0 Å². The molecule has 2 atom stereocenters. The van der Waals surface area contributed by atoms with Gasteiger partial charge in [0.25, 0.3) is 0 Å². The number of hydrogen-bond donors (Lipinski definition) is 1. The molecule has 4 aromatic rings. The highest BCUT2D eigenvalue weighted by molar-refractivity contribution is 6.30. The topological polar surface area (TPSA) is 83.0 Å². The van der Waals surface area contributed by atoms with E-state index in [0.717, 1.165) is 5.56 Å². The van der Waals surface area contributed by atoms with Crippen LogP contribution in [-0.4, -0.2) is 26.8 Å². The van der Waals surface area contributed by atoms with Crippen LogP contribution in [-0.2, 0) is 17.8 Å². The zero-order valence-corrected chi connectivity index (χ0v) is 19.4. The normalized spacial score (nSPS) is 13.5. The molecule has 2 aromatic heterocycles. The number of aromatic nitrogens is 3. The minimum Gasteiger partial charge on any atom is -0.406 e. The van der Waals surface area contributed by atoms with Gasteiger partial charge in [-0.3, -0.25) is 4.79 Å². The predicted octanol–water partition coefficient (Wildman–Crippen LogP) is 5.48. The van der Waals surface area contributed by atoms with E-state index in [9.17, 15) is 18.0 Å². The highest BCUT2D eigenvalue weighted by atomic mass is 35.5. The molecule has 4 rings (SSSR count). The first-order valence-electron chi connectivity index (χ1n) is 10.8. The summed E-state index contributed by atoms with van der Waals surface area (Å²) in [4.78, 5) is 21.6. The zero-order chi connectivity index (χ0) is 25.2. The minimum atomic E-state index is -4.76. The number of ether oxygens (including phenoxy) is 1. The lowest BCUT2D eigenvalue weighted by molar-refractivity contribution is -0.274. The van der Waals surface area contributed by atoms with Crippen LogP contribution >= 0.6 is 11.6 Å². The summed E-state index contributed by atoms with van der Waals surface area (Å²) >= 11 is 6.00. The van der Waals surface area contributed by atoms with Gasteiger partial charge in [-0.15, -0.1) is 13.2 Å². The third-order valence-corrected chi connectivity index (χ3v) is 6.10. The molecule has 6 nitrogen and oxygen atoms in total. The SMILES string of the molecule is C[C@H](c1ccc(Cl)cc1)C(Cc1nc2cccnc2n1Cc1ccc(OC(F)(F)F)cc1)C(N)=O. The van der Waals surface area contributed by atoms with E-state index >= 15 is 0 Å². The number of fused-ring (bicyclic) bond motifs is 1. The lowest BCUT2D eigenvalue weighted by Gasteiger charge is -2.22. The summed E-state index contributed by atoms with van der Waals surface area (Å²) < 4.78 is 43.2. The third kappa shape index (κ3) is 5.92. The number of hydrogen-bond acceptors (Lipinski definition) is 4. The van der Waals surface area contributed by atoms with Crippen molar-refractivity contribution in [3.8, 4) is 5.75 Å². The van der Waals surface area contributed by atoms with Gasteiger partial charge in [-0.25, -0.2) is 9.97 Å². The van der Waals surface area contributed by atoms with Crippen LogP contribution in [0.1, 0.15) is 29.8 Å². The molecule has 35 heavy (non-hydrogen) atoms. The minimum absolute atomic E-state index is 0.204. The lowest BCUT2D eigenvalue weighted by atomic mass is 9.84. The van der Waals surface area contributed by atoms with Crippen molar-refractivity contribution in [3.63, 3.8) is 0 Å². The Bertz CT molecular complexity index is 1320. The summed E-state index contributed by atoms with van der Waals surface area (Å²) in [6.07, 6.45) is -2.87. The van der Waals surface area contributed by atoms with Gasteiger partial charge in [-0.2, -0.15) is 0 Å². The van der Waals surface area contributed by atoms with E-state index in [4.69, 9.17) is 17.3 Å². The standard InChI is InChI=1S/C25H22ClF3N4O2/c1-15(17-6-8-18(26)9-7-17)20(23(30)34)13-22-32-21-3-2-12-31-24(21)33(22)14-16-4-10-19(11-5-16)35-25(27,28)29/h2-12,15,20H,13-14H2,1H3,(H2,30,34)/t15-,20?/m1/s1. The molecular weight excluding hydrogens is 481 g/mol. The summed E-state index contributed by atoms with van der Waals surface area (Å²) in [7, 11) is 0. The average Bonchev–Trinajstić information content (AvgIpc) is 3.14. The fraction of sp³-hybridized carbons (Fsp3) is 0.240. The quantitative estimate of drug-likeness (QED) is 0.346. The Morgan fingerprint density at radius 1 is 1.11 bits per heavy atom. The number of rotatable bonds is 8. The summed E-state index contributed by atoms with van der Waals surface area (Å²) in [5.41, 5.74) is 8.66. The van der Waals surface area contributed by atoms with Gasteiger partial charge in [0.15, 0.2) is 5.65 Å². The molecule has 1 unspecified atom stereocenters. The molecule has 0 aliphatic rings. The smallest absolute Gasteiger partial charge is 0.406 e. The van der Waals surface area contributed by atoms with Crippen molar-refractivity contribution in [2.24, 2.45) is 11.7 Å². The number of amides is 1. The number of nitrogens with zero attached hydrogens (tertiary/aromatic N) is 3. The van der Waals surface area contributed by atoms with Crippen LogP contribution in [0.4, 0.5) is 13.2 Å². The second-order valence-corrected chi connectivity index (χ2v) is 8.64. The number of alkyl halides is 3. The number of benzene rings is 2. The molecule has 1 amide bonds. The third-order valence-electron chi connectivity index (χ3n) is 5.85. The van der Waals surface area contributed by atoms with Crippen LogP contribution in [0.15, 0.2) is 66.9 Å². The first-order chi connectivity index (χ1) is 16.6. The maximum absolute atomic E-state index is 12.5. The van der Waals surface area contributed by atoms with Gasteiger partial charge in [0, 0.05) is 17.6 Å². The Labute approximate surface area is 204 Å². The number of nitrogens with two attached hydrogens (primary N) is 1. The van der Waals surface area contributed by atoms with E-state index in [2.05, 4.69) is 14.7 Å². The second-order valence-electron chi connectivity index (χ2n) is 8.21. The number of pyridine rings is 1. The van der Waals surface area contributed by atoms with Crippen molar-refractivity contribution in [2.45, 2.75) is 32.2 Å². The van der Waals surface area contributed by atoms with Crippen molar-refractivity contribution in [1.82, 2.24) is 14.5 Å². The van der Waals surface area contributed by atoms with E-state index in [1.54, 1.807) is 36.5 Å². The van der Waals surface area contributed by atoms with E-state index in [0.29, 0.717) is 27.6 Å². The van der Waals surface area contributed by atoms with Crippen LogP contribution in [0.2, 0.25) is 5.02 Å². The molecule has 0 saturated heterocycles. The molecule has 0 radical (unpaired) electrons. The molecule has 182 valence electrons. The van der Waals surface area contributed by atoms with E-state index < -0.39 is 18.2 Å². The summed E-state index contributed by atoms with van der Waals surface area (Å²) in [5.74, 6) is -0.939. The van der Waals surface area contributed by atoms with Crippen molar-refractivity contribution < 1.29 is 22.7 Å². The summed E-state index contributed by atoms with van der Waals surface area (Å²) in [6.45, 7) is 2.21. The molecule has 0 bridgehead atoms. The summed E-state index contributed by atoms with van der Waals surface area (Å²) in [5, 5.41) is 0.594. The molecular formula is C25H22ClF3N4O2. The highest BCUT2D eigenvalue weighted by Gasteiger charge is 2.31. The Balaban J connectivity index is 1.65. The van der Waals surface area contributed by atoms with Crippen LogP contribution in [0, 0.1) is 5.92 Å². The van der Waals surface area contributed by atoms with Gasteiger partial charge in [0.1, 0.15) is 17.1 Å². The van der Waals surface area contributed by atoms with Gasteiger partial charge in [-0.1, -0.05) is 42.8 Å². The Morgan fingerprint density at radius 3 is 2.43 bits per heavy atom. The van der Waals surface area contributed by atoms with Crippen LogP contribution in [0.25, 0.3) is 11.2 Å². The molecule has 0 spiro atoms. The largest absolute Gasteiger partial charge is 0.573 e. The monoisotopic (exact) mass is 502 g/mol. The van der Waals surface area contributed by atoms with Crippen molar-refractivity contribution in [1.29, 1.82) is 0 Å². The molecule has 0 fully saturated rings. The van der Waals surface area contributed by atoms with Gasteiger partial charge < -0.3 is 15.0 Å². The Morgan fingerprint density at radius 2 is 1.80 bits per heavy atom. The fourth-order valence-corrected chi connectivity index (χ4v) is 4.15. The second kappa shape index (κ2) is 9.95. The summed E-state index contributed by atoms with van der Waals surface area (Å²) in [6, 6.07) is 16.4. The van der Waals surface area contributed by atoms with Crippen molar-refractivity contribution in [3.05, 3.63) is 88.8 Å². The van der Waals surface area contributed by atoms with E-state index in [-0.39, 0.29) is 24.6 Å². The number of carbonyl (C=O) groups is 1. The molecule has 2 N–H and O–H groups in total.